The Labute approximate surface area is 119 Å². The summed E-state index contributed by atoms with van der Waals surface area (Å²) in [6, 6.07) is 5.78. The molecule has 0 amide bonds. The monoisotopic (exact) mass is 272 g/mol. The van der Waals surface area contributed by atoms with E-state index in [4.69, 9.17) is 4.74 Å². The lowest BCUT2D eigenvalue weighted by Crippen LogP contribution is -2.25. The summed E-state index contributed by atoms with van der Waals surface area (Å²) >= 11 is 0. The molecule has 20 heavy (non-hydrogen) atoms. The van der Waals surface area contributed by atoms with E-state index in [1.807, 2.05) is 32.0 Å². The van der Waals surface area contributed by atoms with Crippen LogP contribution in [0.25, 0.3) is 0 Å². The van der Waals surface area contributed by atoms with Gasteiger partial charge in [-0.1, -0.05) is 6.92 Å². The minimum atomic E-state index is -0.0506. The molecule has 0 aliphatic rings. The third kappa shape index (κ3) is 2.93. The number of rotatable bonds is 5. The fourth-order valence-corrected chi connectivity index (χ4v) is 2.21. The summed E-state index contributed by atoms with van der Waals surface area (Å²) in [7, 11) is 1.66. The van der Waals surface area contributed by atoms with Crippen molar-refractivity contribution in [2.75, 3.05) is 13.7 Å². The van der Waals surface area contributed by atoms with Crippen molar-refractivity contribution in [2.24, 2.45) is 0 Å². The van der Waals surface area contributed by atoms with Crippen LogP contribution in [0.1, 0.15) is 35.6 Å². The maximum atomic E-state index is 5.43. The van der Waals surface area contributed by atoms with Gasteiger partial charge in [-0.25, -0.2) is 0 Å². The van der Waals surface area contributed by atoms with Crippen molar-refractivity contribution in [1.29, 1.82) is 0 Å². The Balaban J connectivity index is 2.53. The van der Waals surface area contributed by atoms with E-state index in [2.05, 4.69) is 27.4 Å². The molecule has 0 radical (unpaired) electrons. The molecule has 1 unspecified atom stereocenters. The summed E-state index contributed by atoms with van der Waals surface area (Å²) in [5.41, 5.74) is 3.74. The molecule has 0 spiro atoms. The molecule has 1 N–H and O–H groups in total. The van der Waals surface area contributed by atoms with Crippen LogP contribution in [0, 0.1) is 13.8 Å². The summed E-state index contributed by atoms with van der Waals surface area (Å²) in [5, 5.41) is 11.7. The highest BCUT2D eigenvalue weighted by Gasteiger charge is 2.21. The number of aromatic nitrogens is 3. The molecule has 0 saturated heterocycles. The SMILES string of the molecule is CCNC(c1cc(C)nnc1C)c1ncccc1OC. The molecule has 0 aliphatic heterocycles. The van der Waals surface area contributed by atoms with Crippen LogP contribution in [0.4, 0.5) is 0 Å². The Morgan fingerprint density at radius 3 is 2.80 bits per heavy atom. The van der Waals surface area contributed by atoms with Crippen molar-refractivity contribution in [3.8, 4) is 5.75 Å². The molecule has 0 saturated carbocycles. The lowest BCUT2D eigenvalue weighted by atomic mass is 10.0. The highest BCUT2D eigenvalue weighted by molar-refractivity contribution is 5.38. The van der Waals surface area contributed by atoms with Gasteiger partial charge in [-0.2, -0.15) is 10.2 Å². The zero-order valence-electron chi connectivity index (χ0n) is 12.3. The third-order valence-corrected chi connectivity index (χ3v) is 3.15. The fourth-order valence-electron chi connectivity index (χ4n) is 2.21. The standard InChI is InChI=1S/C15H20N4O/c1-5-16-14(12-9-10(2)18-19-11(12)3)15-13(20-4)7-6-8-17-15/h6-9,14,16H,5H2,1-4H3. The van der Waals surface area contributed by atoms with Crippen LogP contribution < -0.4 is 10.1 Å². The van der Waals surface area contributed by atoms with Crippen LogP contribution in [-0.4, -0.2) is 28.8 Å². The van der Waals surface area contributed by atoms with Gasteiger partial charge in [0.25, 0.3) is 0 Å². The zero-order valence-corrected chi connectivity index (χ0v) is 12.3. The van der Waals surface area contributed by atoms with Crippen molar-refractivity contribution < 1.29 is 4.74 Å². The van der Waals surface area contributed by atoms with Gasteiger partial charge in [0.05, 0.1) is 24.5 Å². The first-order valence-corrected chi connectivity index (χ1v) is 6.70. The first kappa shape index (κ1) is 14.4. The predicted molar refractivity (Wildman–Crippen MR) is 77.8 cm³/mol. The number of hydrogen-bond donors (Lipinski definition) is 1. The molecular formula is C15H20N4O. The minimum absolute atomic E-state index is 0.0506. The lowest BCUT2D eigenvalue weighted by molar-refractivity contribution is 0.400. The van der Waals surface area contributed by atoms with Crippen LogP contribution in [-0.2, 0) is 0 Å². The van der Waals surface area contributed by atoms with E-state index in [0.29, 0.717) is 0 Å². The van der Waals surface area contributed by atoms with E-state index in [1.54, 1.807) is 13.3 Å². The topological polar surface area (TPSA) is 59.9 Å². The molecule has 1 atom stereocenters. The van der Waals surface area contributed by atoms with Crippen molar-refractivity contribution in [3.05, 3.63) is 47.0 Å². The highest BCUT2D eigenvalue weighted by Crippen LogP contribution is 2.29. The second-order valence-corrected chi connectivity index (χ2v) is 4.61. The Morgan fingerprint density at radius 2 is 2.10 bits per heavy atom. The smallest absolute Gasteiger partial charge is 0.142 e. The summed E-state index contributed by atoms with van der Waals surface area (Å²) < 4.78 is 5.43. The molecule has 2 aromatic heterocycles. The van der Waals surface area contributed by atoms with E-state index >= 15 is 0 Å². The first-order valence-electron chi connectivity index (χ1n) is 6.70. The molecule has 0 aliphatic carbocycles. The third-order valence-electron chi connectivity index (χ3n) is 3.15. The second kappa shape index (κ2) is 6.43. The number of methoxy groups -OCH3 is 1. The van der Waals surface area contributed by atoms with Crippen LogP contribution in [0.5, 0.6) is 5.75 Å². The molecule has 106 valence electrons. The number of hydrogen-bond acceptors (Lipinski definition) is 5. The predicted octanol–water partition coefficient (Wildman–Crippen LogP) is 2.20. The summed E-state index contributed by atoms with van der Waals surface area (Å²) in [5.74, 6) is 0.771. The van der Waals surface area contributed by atoms with Crippen LogP contribution in [0.2, 0.25) is 0 Å². The van der Waals surface area contributed by atoms with Gasteiger partial charge in [0, 0.05) is 11.8 Å². The molecule has 2 heterocycles. The molecule has 0 aromatic carbocycles. The molecule has 2 aromatic rings. The highest BCUT2D eigenvalue weighted by atomic mass is 16.5. The first-order chi connectivity index (χ1) is 9.67. The largest absolute Gasteiger partial charge is 0.495 e. The van der Waals surface area contributed by atoms with Crippen molar-refractivity contribution in [3.63, 3.8) is 0 Å². The van der Waals surface area contributed by atoms with Gasteiger partial charge in [0.2, 0.25) is 0 Å². The maximum absolute atomic E-state index is 5.43. The van der Waals surface area contributed by atoms with E-state index in [1.165, 1.54) is 0 Å². The number of ether oxygens (including phenoxy) is 1. The van der Waals surface area contributed by atoms with Crippen LogP contribution in [0.3, 0.4) is 0 Å². The van der Waals surface area contributed by atoms with Crippen LogP contribution in [0.15, 0.2) is 24.4 Å². The van der Waals surface area contributed by atoms with Gasteiger partial charge in [0.15, 0.2) is 0 Å². The molecule has 0 bridgehead atoms. The lowest BCUT2D eigenvalue weighted by Gasteiger charge is -2.21. The average Bonchev–Trinajstić information content (AvgIpc) is 2.47. The Bertz CT molecular complexity index is 586. The zero-order chi connectivity index (χ0) is 14.5. The Morgan fingerprint density at radius 1 is 1.30 bits per heavy atom. The van der Waals surface area contributed by atoms with E-state index in [9.17, 15) is 0 Å². The van der Waals surface area contributed by atoms with Gasteiger partial charge in [-0.15, -0.1) is 0 Å². The molecular weight excluding hydrogens is 252 g/mol. The summed E-state index contributed by atoms with van der Waals surface area (Å²) in [6.45, 7) is 6.79. The molecule has 5 heteroatoms. The van der Waals surface area contributed by atoms with E-state index < -0.39 is 0 Å². The van der Waals surface area contributed by atoms with E-state index in [0.717, 1.165) is 34.9 Å². The van der Waals surface area contributed by atoms with Gasteiger partial charge >= 0.3 is 0 Å². The average molecular weight is 272 g/mol. The van der Waals surface area contributed by atoms with Gasteiger partial charge in [-0.05, 0) is 38.6 Å². The molecule has 0 fully saturated rings. The number of pyridine rings is 1. The quantitative estimate of drug-likeness (QED) is 0.904. The van der Waals surface area contributed by atoms with E-state index in [-0.39, 0.29) is 6.04 Å². The van der Waals surface area contributed by atoms with Gasteiger partial charge in [-0.3, -0.25) is 4.98 Å². The minimum Gasteiger partial charge on any atom is -0.495 e. The number of nitrogens with zero attached hydrogens (tertiary/aromatic N) is 3. The summed E-state index contributed by atoms with van der Waals surface area (Å²) in [6.07, 6.45) is 1.78. The Hall–Kier alpha value is -2.01. The normalized spacial score (nSPS) is 12.2. The van der Waals surface area contributed by atoms with Crippen molar-refractivity contribution in [2.45, 2.75) is 26.8 Å². The maximum Gasteiger partial charge on any atom is 0.142 e. The Kier molecular flexibility index (Phi) is 4.63. The van der Waals surface area contributed by atoms with Crippen LogP contribution >= 0.6 is 0 Å². The fraction of sp³-hybridized carbons (Fsp3) is 0.400. The summed E-state index contributed by atoms with van der Waals surface area (Å²) in [4.78, 5) is 4.48. The van der Waals surface area contributed by atoms with Crippen molar-refractivity contribution >= 4 is 0 Å². The molecule has 2 rings (SSSR count). The second-order valence-electron chi connectivity index (χ2n) is 4.61. The van der Waals surface area contributed by atoms with Crippen molar-refractivity contribution in [1.82, 2.24) is 20.5 Å². The molecule has 5 nitrogen and oxygen atoms in total. The number of nitrogens with one attached hydrogen (secondary N) is 1. The number of aryl methyl sites for hydroxylation is 2. The van der Waals surface area contributed by atoms with Gasteiger partial charge < -0.3 is 10.1 Å². The van der Waals surface area contributed by atoms with Gasteiger partial charge in [0.1, 0.15) is 11.4 Å².